The summed E-state index contributed by atoms with van der Waals surface area (Å²) < 4.78 is 34.9. The molecule has 0 saturated carbocycles. The molecule has 0 bridgehead atoms. The quantitative estimate of drug-likeness (QED) is 0.708. The van der Waals surface area contributed by atoms with Gasteiger partial charge in [-0.15, -0.1) is 0 Å². The standard InChI is InChI=1S/C17H23N3O5S2/c1-19(2)16(21)8-26-17-18-12-9-27(22,23)10-13(12)20(17)11-5-6-14(24-3)15(7-11)25-4/h5-7,12-13H,8-10H2,1-4H3/t12-,13+/m1/s1. The highest BCUT2D eigenvalue weighted by Gasteiger charge is 2.47. The number of ether oxygens (including phenoxy) is 2. The van der Waals surface area contributed by atoms with Crippen molar-refractivity contribution in [2.45, 2.75) is 12.1 Å². The number of sulfone groups is 1. The number of rotatable bonds is 5. The highest BCUT2D eigenvalue weighted by Crippen LogP contribution is 2.38. The second kappa shape index (κ2) is 7.59. The van der Waals surface area contributed by atoms with Crippen molar-refractivity contribution >= 4 is 38.4 Å². The molecule has 3 rings (SSSR count). The van der Waals surface area contributed by atoms with Gasteiger partial charge in [-0.05, 0) is 12.1 Å². The van der Waals surface area contributed by atoms with Gasteiger partial charge in [0.1, 0.15) is 0 Å². The van der Waals surface area contributed by atoms with Crippen molar-refractivity contribution in [3.63, 3.8) is 0 Å². The molecule has 2 aliphatic rings. The minimum atomic E-state index is -3.13. The first-order valence-electron chi connectivity index (χ1n) is 8.38. The van der Waals surface area contributed by atoms with Crippen molar-refractivity contribution in [1.82, 2.24) is 4.90 Å². The van der Waals surface area contributed by atoms with Crippen LogP contribution in [0.5, 0.6) is 11.5 Å². The fourth-order valence-electron chi connectivity index (χ4n) is 3.17. The van der Waals surface area contributed by atoms with Crippen LogP contribution in [-0.4, -0.2) is 82.0 Å². The van der Waals surface area contributed by atoms with Crippen LogP contribution >= 0.6 is 11.8 Å². The summed E-state index contributed by atoms with van der Waals surface area (Å²) in [5, 5.41) is 0.655. The van der Waals surface area contributed by atoms with E-state index >= 15 is 0 Å². The largest absolute Gasteiger partial charge is 0.493 e. The fraction of sp³-hybridized carbons (Fsp3) is 0.529. The molecule has 0 aromatic heterocycles. The predicted molar refractivity (Wildman–Crippen MR) is 107 cm³/mol. The molecular weight excluding hydrogens is 390 g/mol. The van der Waals surface area contributed by atoms with Crippen molar-refractivity contribution in [2.75, 3.05) is 50.5 Å². The summed E-state index contributed by atoms with van der Waals surface area (Å²) in [5.74, 6) is 1.42. The van der Waals surface area contributed by atoms with Crippen molar-refractivity contribution in [3.05, 3.63) is 18.2 Å². The molecule has 0 unspecified atom stereocenters. The van der Waals surface area contributed by atoms with E-state index in [9.17, 15) is 13.2 Å². The summed E-state index contributed by atoms with van der Waals surface area (Å²) in [6.45, 7) is 0. The zero-order valence-electron chi connectivity index (χ0n) is 15.7. The number of amidine groups is 1. The number of hydrogen-bond acceptors (Lipinski definition) is 8. The number of methoxy groups -OCH3 is 2. The zero-order chi connectivity index (χ0) is 19.8. The van der Waals surface area contributed by atoms with Gasteiger partial charge in [0.05, 0.1) is 43.6 Å². The van der Waals surface area contributed by atoms with Gasteiger partial charge in [-0.1, -0.05) is 11.8 Å². The lowest BCUT2D eigenvalue weighted by Gasteiger charge is -2.27. The molecule has 1 aromatic carbocycles. The molecule has 2 aliphatic heterocycles. The topological polar surface area (TPSA) is 88.5 Å². The van der Waals surface area contributed by atoms with Gasteiger partial charge < -0.3 is 19.3 Å². The highest BCUT2D eigenvalue weighted by atomic mass is 32.2. The second-order valence-corrected chi connectivity index (χ2v) is 9.71. The van der Waals surface area contributed by atoms with Crippen LogP contribution in [0.25, 0.3) is 0 Å². The molecule has 1 fully saturated rings. The molecular formula is C17H23N3O5S2. The molecule has 0 spiro atoms. The van der Waals surface area contributed by atoms with E-state index in [-0.39, 0.29) is 35.2 Å². The lowest BCUT2D eigenvalue weighted by molar-refractivity contribution is -0.125. The van der Waals surface area contributed by atoms with E-state index < -0.39 is 9.84 Å². The average Bonchev–Trinajstić information content (AvgIpc) is 3.09. The van der Waals surface area contributed by atoms with Crippen LogP contribution in [-0.2, 0) is 14.6 Å². The summed E-state index contributed by atoms with van der Waals surface area (Å²) in [5.41, 5.74) is 0.765. The molecule has 0 aliphatic carbocycles. The van der Waals surface area contributed by atoms with Gasteiger partial charge in [0.25, 0.3) is 0 Å². The monoisotopic (exact) mass is 413 g/mol. The van der Waals surface area contributed by atoms with Crippen molar-refractivity contribution in [3.8, 4) is 11.5 Å². The number of carbonyl (C=O) groups is 1. The zero-order valence-corrected chi connectivity index (χ0v) is 17.3. The van der Waals surface area contributed by atoms with Gasteiger partial charge in [-0.2, -0.15) is 0 Å². The van der Waals surface area contributed by atoms with Crippen LogP contribution in [0.4, 0.5) is 5.69 Å². The van der Waals surface area contributed by atoms with Gasteiger partial charge in [0.15, 0.2) is 26.5 Å². The minimum Gasteiger partial charge on any atom is -0.493 e. The van der Waals surface area contributed by atoms with E-state index in [1.54, 1.807) is 40.4 Å². The SMILES string of the molecule is COc1ccc(N2C(SCC(=O)N(C)C)=N[C@@H]3CS(=O)(=O)C[C@@H]32)cc1OC. The van der Waals surface area contributed by atoms with Crippen LogP contribution < -0.4 is 14.4 Å². The smallest absolute Gasteiger partial charge is 0.232 e. The third kappa shape index (κ3) is 4.01. The Morgan fingerprint density at radius 3 is 2.59 bits per heavy atom. The number of thioether (sulfide) groups is 1. The number of amides is 1. The average molecular weight is 414 g/mol. The molecule has 1 saturated heterocycles. The lowest BCUT2D eigenvalue weighted by Crippen LogP contribution is -2.39. The van der Waals surface area contributed by atoms with E-state index in [2.05, 4.69) is 4.99 Å². The summed E-state index contributed by atoms with van der Waals surface area (Å²) in [6, 6.07) is 4.83. The Kier molecular flexibility index (Phi) is 5.57. The van der Waals surface area contributed by atoms with Crippen LogP contribution in [0.1, 0.15) is 0 Å². The summed E-state index contributed by atoms with van der Waals surface area (Å²) in [7, 11) is 3.38. The molecule has 0 N–H and O–H groups in total. The van der Waals surface area contributed by atoms with Crippen LogP contribution in [0.2, 0.25) is 0 Å². The van der Waals surface area contributed by atoms with E-state index in [1.807, 2.05) is 11.0 Å². The predicted octanol–water partition coefficient (Wildman–Crippen LogP) is 0.867. The van der Waals surface area contributed by atoms with E-state index in [1.165, 1.54) is 16.7 Å². The summed E-state index contributed by atoms with van der Waals surface area (Å²) >= 11 is 1.32. The Morgan fingerprint density at radius 1 is 1.26 bits per heavy atom. The Balaban J connectivity index is 1.93. The number of nitrogens with zero attached hydrogens (tertiary/aromatic N) is 3. The van der Waals surface area contributed by atoms with E-state index in [4.69, 9.17) is 9.47 Å². The lowest BCUT2D eigenvalue weighted by atomic mass is 10.1. The van der Waals surface area contributed by atoms with E-state index in [0.29, 0.717) is 16.7 Å². The van der Waals surface area contributed by atoms with Crippen molar-refractivity contribution in [2.24, 2.45) is 4.99 Å². The number of hydrogen-bond donors (Lipinski definition) is 0. The van der Waals surface area contributed by atoms with Gasteiger partial charge >= 0.3 is 0 Å². The Labute approximate surface area is 163 Å². The van der Waals surface area contributed by atoms with Crippen LogP contribution in [0.3, 0.4) is 0 Å². The summed E-state index contributed by atoms with van der Waals surface area (Å²) in [6.07, 6.45) is 0. The molecule has 27 heavy (non-hydrogen) atoms. The van der Waals surface area contributed by atoms with Crippen molar-refractivity contribution in [1.29, 1.82) is 0 Å². The Morgan fingerprint density at radius 2 is 1.96 bits per heavy atom. The normalized spacial score (nSPS) is 23.0. The molecule has 2 atom stereocenters. The first-order chi connectivity index (χ1) is 12.8. The van der Waals surface area contributed by atoms with E-state index in [0.717, 1.165) is 5.69 Å². The van der Waals surface area contributed by atoms with Gasteiger partial charge in [0.2, 0.25) is 5.91 Å². The van der Waals surface area contributed by atoms with Gasteiger partial charge in [-0.3, -0.25) is 9.79 Å². The third-order valence-corrected chi connectivity index (χ3v) is 7.23. The summed E-state index contributed by atoms with van der Waals surface area (Å²) in [4.78, 5) is 20.0. The maximum atomic E-state index is 12.1. The molecule has 1 aromatic rings. The maximum Gasteiger partial charge on any atom is 0.232 e. The molecule has 8 nitrogen and oxygen atoms in total. The molecule has 10 heteroatoms. The number of anilines is 1. The second-order valence-electron chi connectivity index (χ2n) is 6.61. The molecule has 2 heterocycles. The Bertz CT molecular complexity index is 869. The maximum absolute atomic E-state index is 12.1. The molecule has 148 valence electrons. The first kappa shape index (κ1) is 19.8. The number of fused-ring (bicyclic) bond motifs is 1. The number of carbonyl (C=O) groups excluding carboxylic acids is 1. The van der Waals surface area contributed by atoms with Gasteiger partial charge in [-0.25, -0.2) is 8.42 Å². The van der Waals surface area contributed by atoms with Crippen LogP contribution in [0, 0.1) is 0 Å². The fourth-order valence-corrected chi connectivity index (χ4v) is 6.11. The van der Waals surface area contributed by atoms with Crippen molar-refractivity contribution < 1.29 is 22.7 Å². The van der Waals surface area contributed by atoms with Crippen LogP contribution in [0.15, 0.2) is 23.2 Å². The third-order valence-electron chi connectivity index (χ3n) is 4.58. The minimum absolute atomic E-state index is 0.0281. The molecule has 1 amide bonds. The Hall–Kier alpha value is -1.94. The molecule has 0 radical (unpaired) electrons. The number of aliphatic imine (C=N–C) groups is 1. The highest BCUT2D eigenvalue weighted by molar-refractivity contribution is 8.14. The first-order valence-corrected chi connectivity index (χ1v) is 11.2. The number of benzene rings is 1. The van der Waals surface area contributed by atoms with Gasteiger partial charge in [0, 0.05) is 25.8 Å².